The molecule has 1 N–H and O–H groups in total. The second-order valence-electron chi connectivity index (χ2n) is 6.04. The predicted octanol–water partition coefficient (Wildman–Crippen LogP) is 5.17. The van der Waals surface area contributed by atoms with Gasteiger partial charge in [-0.15, -0.1) is 0 Å². The molecule has 0 amide bonds. The van der Waals surface area contributed by atoms with Gasteiger partial charge in [0.1, 0.15) is 0 Å². The Kier molecular flexibility index (Phi) is 5.87. The summed E-state index contributed by atoms with van der Waals surface area (Å²) in [6.45, 7) is 12.5. The number of hydrogen-bond donors (Lipinski definition) is 1. The Hall–Kier alpha value is -0.340. The summed E-state index contributed by atoms with van der Waals surface area (Å²) in [7, 11) is 0. The Morgan fingerprint density at radius 3 is 2.17 bits per heavy atom. The van der Waals surface area contributed by atoms with Gasteiger partial charge in [0, 0.05) is 17.1 Å². The number of halogens is 1. The molecule has 0 aliphatic carbocycles. The van der Waals surface area contributed by atoms with Crippen LogP contribution in [0.3, 0.4) is 0 Å². The first-order valence-corrected chi connectivity index (χ1v) is 7.65. The molecule has 2 heteroatoms. The van der Waals surface area contributed by atoms with Gasteiger partial charge in [-0.3, -0.25) is 0 Å². The van der Waals surface area contributed by atoms with Gasteiger partial charge in [0.25, 0.3) is 0 Å². The van der Waals surface area contributed by atoms with Crippen LogP contribution in [0.15, 0.2) is 28.7 Å². The summed E-state index contributed by atoms with van der Waals surface area (Å²) in [6, 6.07) is 9.10. The minimum absolute atomic E-state index is 0.336. The van der Waals surface area contributed by atoms with Gasteiger partial charge >= 0.3 is 0 Å². The third-order valence-electron chi connectivity index (χ3n) is 4.05. The van der Waals surface area contributed by atoms with Crippen LogP contribution in [0.5, 0.6) is 0 Å². The minimum atomic E-state index is 0.336. The second-order valence-corrected chi connectivity index (χ2v) is 6.95. The van der Waals surface area contributed by atoms with Crippen molar-refractivity contribution < 1.29 is 0 Å². The SMILES string of the molecule is CCC(NCC(C)(C)C(C)C)c1ccc(Br)cc1. The first-order chi connectivity index (χ1) is 8.36. The van der Waals surface area contributed by atoms with Crippen molar-refractivity contribution in [3.05, 3.63) is 34.3 Å². The maximum absolute atomic E-state index is 3.71. The Morgan fingerprint density at radius 1 is 1.17 bits per heavy atom. The second kappa shape index (κ2) is 6.72. The van der Waals surface area contributed by atoms with Gasteiger partial charge in [-0.25, -0.2) is 0 Å². The number of nitrogens with one attached hydrogen (secondary N) is 1. The highest BCUT2D eigenvalue weighted by atomic mass is 79.9. The summed E-state index contributed by atoms with van der Waals surface area (Å²) in [5, 5.41) is 3.71. The van der Waals surface area contributed by atoms with E-state index in [-0.39, 0.29) is 0 Å². The normalized spacial score (nSPS) is 13.9. The molecule has 0 heterocycles. The van der Waals surface area contributed by atoms with Crippen LogP contribution in [-0.4, -0.2) is 6.54 Å². The van der Waals surface area contributed by atoms with Gasteiger partial charge in [0.05, 0.1) is 0 Å². The van der Waals surface area contributed by atoms with E-state index in [1.165, 1.54) is 5.56 Å². The molecule has 0 spiro atoms. The van der Waals surface area contributed by atoms with Crippen LogP contribution < -0.4 is 5.32 Å². The number of benzene rings is 1. The maximum atomic E-state index is 3.71. The molecule has 0 radical (unpaired) electrons. The van der Waals surface area contributed by atoms with Gasteiger partial charge < -0.3 is 5.32 Å². The van der Waals surface area contributed by atoms with Crippen molar-refractivity contribution in [1.82, 2.24) is 5.32 Å². The average molecular weight is 312 g/mol. The Morgan fingerprint density at radius 2 is 1.72 bits per heavy atom. The van der Waals surface area contributed by atoms with E-state index in [1.54, 1.807) is 0 Å². The van der Waals surface area contributed by atoms with Crippen molar-refractivity contribution in [2.75, 3.05) is 6.54 Å². The van der Waals surface area contributed by atoms with Crippen LogP contribution in [0.2, 0.25) is 0 Å². The summed E-state index contributed by atoms with van der Waals surface area (Å²) < 4.78 is 1.14. The van der Waals surface area contributed by atoms with Gasteiger partial charge in [0.15, 0.2) is 0 Å². The summed E-state index contributed by atoms with van der Waals surface area (Å²) in [4.78, 5) is 0. The molecule has 0 saturated carbocycles. The minimum Gasteiger partial charge on any atom is -0.309 e. The average Bonchev–Trinajstić information content (AvgIpc) is 2.31. The Bertz CT molecular complexity index is 354. The van der Waals surface area contributed by atoms with Crippen LogP contribution >= 0.6 is 15.9 Å². The van der Waals surface area contributed by atoms with Crippen molar-refractivity contribution >= 4 is 15.9 Å². The van der Waals surface area contributed by atoms with E-state index < -0.39 is 0 Å². The molecule has 0 aliphatic rings. The molecule has 1 unspecified atom stereocenters. The summed E-state index contributed by atoms with van der Waals surface area (Å²) in [5.41, 5.74) is 1.71. The van der Waals surface area contributed by atoms with Crippen LogP contribution in [-0.2, 0) is 0 Å². The third kappa shape index (κ3) is 4.40. The molecular formula is C16H26BrN. The monoisotopic (exact) mass is 311 g/mol. The first kappa shape index (κ1) is 15.7. The molecular weight excluding hydrogens is 286 g/mol. The predicted molar refractivity (Wildman–Crippen MR) is 83.8 cm³/mol. The maximum Gasteiger partial charge on any atom is 0.0317 e. The lowest BCUT2D eigenvalue weighted by Gasteiger charge is -2.32. The lowest BCUT2D eigenvalue weighted by Crippen LogP contribution is -2.35. The fourth-order valence-corrected chi connectivity index (χ4v) is 2.05. The molecule has 0 bridgehead atoms. The Balaban J connectivity index is 2.66. The fourth-order valence-electron chi connectivity index (χ4n) is 1.78. The van der Waals surface area contributed by atoms with E-state index in [4.69, 9.17) is 0 Å². The summed E-state index contributed by atoms with van der Waals surface area (Å²) in [6.07, 6.45) is 1.12. The molecule has 0 aliphatic heterocycles. The quantitative estimate of drug-likeness (QED) is 0.764. The van der Waals surface area contributed by atoms with Crippen molar-refractivity contribution in [2.45, 2.75) is 47.1 Å². The van der Waals surface area contributed by atoms with Crippen molar-refractivity contribution in [1.29, 1.82) is 0 Å². The molecule has 0 fully saturated rings. The molecule has 1 nitrogen and oxygen atoms in total. The fraction of sp³-hybridized carbons (Fsp3) is 0.625. The topological polar surface area (TPSA) is 12.0 Å². The first-order valence-electron chi connectivity index (χ1n) is 6.85. The molecule has 0 aromatic heterocycles. The lowest BCUT2D eigenvalue weighted by atomic mass is 9.81. The van der Waals surface area contributed by atoms with Crippen LogP contribution in [0.25, 0.3) is 0 Å². The zero-order valence-electron chi connectivity index (χ0n) is 12.3. The van der Waals surface area contributed by atoms with E-state index in [9.17, 15) is 0 Å². The molecule has 1 rings (SSSR count). The van der Waals surface area contributed by atoms with Crippen LogP contribution in [0.1, 0.15) is 52.6 Å². The highest BCUT2D eigenvalue weighted by molar-refractivity contribution is 9.10. The lowest BCUT2D eigenvalue weighted by molar-refractivity contribution is 0.227. The highest BCUT2D eigenvalue weighted by Gasteiger charge is 2.23. The highest BCUT2D eigenvalue weighted by Crippen LogP contribution is 2.27. The summed E-state index contributed by atoms with van der Waals surface area (Å²) in [5.74, 6) is 0.687. The van der Waals surface area contributed by atoms with E-state index in [2.05, 4.69) is 80.1 Å². The van der Waals surface area contributed by atoms with Gasteiger partial charge in [-0.2, -0.15) is 0 Å². The van der Waals surface area contributed by atoms with E-state index in [1.807, 2.05) is 0 Å². The Labute approximate surface area is 120 Å². The van der Waals surface area contributed by atoms with Gasteiger partial charge in [-0.05, 0) is 35.4 Å². The standard InChI is InChI=1S/C16H26BrN/c1-6-15(13-7-9-14(17)10-8-13)18-11-16(4,5)12(2)3/h7-10,12,15,18H,6,11H2,1-5H3. The van der Waals surface area contributed by atoms with Gasteiger partial charge in [-0.1, -0.05) is 62.7 Å². The number of hydrogen-bond acceptors (Lipinski definition) is 1. The van der Waals surface area contributed by atoms with E-state index in [0.717, 1.165) is 17.4 Å². The molecule has 0 saturated heterocycles. The molecule has 18 heavy (non-hydrogen) atoms. The largest absolute Gasteiger partial charge is 0.309 e. The summed E-state index contributed by atoms with van der Waals surface area (Å²) >= 11 is 3.49. The molecule has 1 aromatic carbocycles. The van der Waals surface area contributed by atoms with Crippen LogP contribution in [0, 0.1) is 11.3 Å². The third-order valence-corrected chi connectivity index (χ3v) is 4.58. The van der Waals surface area contributed by atoms with Gasteiger partial charge in [0.2, 0.25) is 0 Å². The zero-order valence-corrected chi connectivity index (χ0v) is 13.8. The molecule has 1 atom stereocenters. The van der Waals surface area contributed by atoms with E-state index >= 15 is 0 Å². The van der Waals surface area contributed by atoms with Crippen LogP contribution in [0.4, 0.5) is 0 Å². The molecule has 1 aromatic rings. The molecule has 102 valence electrons. The number of rotatable bonds is 6. The van der Waals surface area contributed by atoms with Crippen molar-refractivity contribution in [2.24, 2.45) is 11.3 Å². The van der Waals surface area contributed by atoms with E-state index in [0.29, 0.717) is 17.4 Å². The zero-order chi connectivity index (χ0) is 13.8. The van der Waals surface area contributed by atoms with Crippen molar-refractivity contribution in [3.63, 3.8) is 0 Å². The smallest absolute Gasteiger partial charge is 0.0317 e. The van der Waals surface area contributed by atoms with Crippen molar-refractivity contribution in [3.8, 4) is 0 Å².